The molecule has 18 heavy (non-hydrogen) atoms. The number of likely N-dealkylation sites (tertiary alicyclic amines) is 1. The van der Waals surface area contributed by atoms with Crippen molar-refractivity contribution in [1.82, 2.24) is 10.2 Å². The first-order valence-electron chi connectivity index (χ1n) is 8.16. The van der Waals surface area contributed by atoms with Crippen LogP contribution < -0.4 is 5.32 Å². The van der Waals surface area contributed by atoms with Crippen LogP contribution in [0, 0.1) is 11.8 Å². The second kappa shape index (κ2) is 7.49. The third-order valence-electron chi connectivity index (χ3n) is 4.98. The van der Waals surface area contributed by atoms with Gasteiger partial charge in [-0.1, -0.05) is 26.2 Å². The summed E-state index contributed by atoms with van der Waals surface area (Å²) in [5.41, 5.74) is 0. The van der Waals surface area contributed by atoms with E-state index in [4.69, 9.17) is 0 Å². The molecule has 0 bridgehead atoms. The van der Waals surface area contributed by atoms with Gasteiger partial charge in [-0.3, -0.25) is 0 Å². The Morgan fingerprint density at radius 2 is 1.94 bits per heavy atom. The minimum atomic E-state index is 0.788. The van der Waals surface area contributed by atoms with Crippen LogP contribution in [0.3, 0.4) is 0 Å². The molecule has 1 aliphatic heterocycles. The number of nitrogens with zero attached hydrogens (tertiary/aromatic N) is 1. The molecule has 1 heterocycles. The lowest BCUT2D eigenvalue weighted by Crippen LogP contribution is -2.32. The summed E-state index contributed by atoms with van der Waals surface area (Å²) in [5, 5.41) is 3.82. The molecule has 0 aromatic carbocycles. The molecule has 2 heteroatoms. The Balaban J connectivity index is 1.59. The molecule has 0 amide bonds. The monoisotopic (exact) mass is 252 g/mol. The molecule has 1 aliphatic carbocycles. The normalized spacial score (nSPS) is 35.3. The number of rotatable bonds is 4. The van der Waals surface area contributed by atoms with Gasteiger partial charge in [0.2, 0.25) is 0 Å². The van der Waals surface area contributed by atoms with Gasteiger partial charge in [0, 0.05) is 6.04 Å². The van der Waals surface area contributed by atoms with Crippen molar-refractivity contribution in [3.63, 3.8) is 0 Å². The summed E-state index contributed by atoms with van der Waals surface area (Å²) in [4.78, 5) is 2.48. The van der Waals surface area contributed by atoms with Crippen LogP contribution in [0.25, 0.3) is 0 Å². The van der Waals surface area contributed by atoms with Gasteiger partial charge < -0.3 is 10.2 Å². The summed E-state index contributed by atoms with van der Waals surface area (Å²) in [7, 11) is 2.26. The van der Waals surface area contributed by atoms with Crippen LogP contribution in [0.1, 0.15) is 58.3 Å². The molecule has 1 saturated heterocycles. The van der Waals surface area contributed by atoms with Crippen LogP contribution >= 0.6 is 0 Å². The highest BCUT2D eigenvalue weighted by Crippen LogP contribution is 2.30. The SMILES string of the molecule is CC1CCCC(CCNC2CCCN(C)CC2)C1. The van der Waals surface area contributed by atoms with Crippen LogP contribution in [0.5, 0.6) is 0 Å². The Labute approximate surface area is 114 Å². The molecular weight excluding hydrogens is 220 g/mol. The summed E-state index contributed by atoms with van der Waals surface area (Å²) in [5.74, 6) is 1.99. The maximum Gasteiger partial charge on any atom is 0.00797 e. The Kier molecular flexibility index (Phi) is 5.97. The van der Waals surface area contributed by atoms with Gasteiger partial charge in [0.15, 0.2) is 0 Å². The quantitative estimate of drug-likeness (QED) is 0.826. The largest absolute Gasteiger partial charge is 0.314 e. The first kappa shape index (κ1) is 14.3. The van der Waals surface area contributed by atoms with Crippen LogP contribution in [0.4, 0.5) is 0 Å². The van der Waals surface area contributed by atoms with E-state index in [0.29, 0.717) is 0 Å². The zero-order valence-corrected chi connectivity index (χ0v) is 12.5. The summed E-state index contributed by atoms with van der Waals surface area (Å²) < 4.78 is 0. The molecule has 3 unspecified atom stereocenters. The summed E-state index contributed by atoms with van der Waals surface area (Å²) in [6, 6.07) is 0.788. The van der Waals surface area contributed by atoms with Gasteiger partial charge in [0.25, 0.3) is 0 Å². The van der Waals surface area contributed by atoms with Crippen LogP contribution in [0.2, 0.25) is 0 Å². The predicted molar refractivity (Wildman–Crippen MR) is 78.9 cm³/mol. The first-order valence-corrected chi connectivity index (χ1v) is 8.16. The number of nitrogens with one attached hydrogen (secondary N) is 1. The minimum absolute atomic E-state index is 0.788. The third-order valence-corrected chi connectivity index (χ3v) is 4.98. The van der Waals surface area contributed by atoms with Crippen LogP contribution in [-0.2, 0) is 0 Å². The highest BCUT2D eigenvalue weighted by atomic mass is 15.1. The van der Waals surface area contributed by atoms with Gasteiger partial charge in [-0.05, 0) is 70.6 Å². The van der Waals surface area contributed by atoms with E-state index in [1.807, 2.05) is 0 Å². The highest BCUT2D eigenvalue weighted by Gasteiger charge is 2.19. The molecule has 0 radical (unpaired) electrons. The fourth-order valence-electron chi connectivity index (χ4n) is 3.76. The Bertz CT molecular complexity index is 229. The van der Waals surface area contributed by atoms with Crippen molar-refractivity contribution in [2.75, 3.05) is 26.7 Å². The third kappa shape index (κ3) is 4.89. The lowest BCUT2D eigenvalue weighted by atomic mass is 9.81. The fourth-order valence-corrected chi connectivity index (χ4v) is 3.76. The van der Waals surface area contributed by atoms with E-state index in [2.05, 4.69) is 24.2 Å². The van der Waals surface area contributed by atoms with Crippen LogP contribution in [-0.4, -0.2) is 37.6 Å². The van der Waals surface area contributed by atoms with Gasteiger partial charge in [-0.2, -0.15) is 0 Å². The molecule has 106 valence electrons. The van der Waals surface area contributed by atoms with Crippen molar-refractivity contribution in [2.45, 2.75) is 64.3 Å². The number of hydrogen-bond acceptors (Lipinski definition) is 2. The molecule has 0 spiro atoms. The maximum atomic E-state index is 3.82. The summed E-state index contributed by atoms with van der Waals surface area (Å²) in [6.07, 6.45) is 11.4. The molecule has 2 rings (SSSR count). The second-order valence-corrected chi connectivity index (χ2v) is 6.81. The lowest BCUT2D eigenvalue weighted by Gasteiger charge is -2.27. The molecular formula is C16H32N2. The highest BCUT2D eigenvalue weighted by molar-refractivity contribution is 4.75. The van der Waals surface area contributed by atoms with E-state index in [0.717, 1.165) is 17.9 Å². The van der Waals surface area contributed by atoms with Crippen molar-refractivity contribution >= 4 is 0 Å². The van der Waals surface area contributed by atoms with Gasteiger partial charge in [-0.25, -0.2) is 0 Å². The van der Waals surface area contributed by atoms with E-state index < -0.39 is 0 Å². The van der Waals surface area contributed by atoms with Crippen molar-refractivity contribution < 1.29 is 0 Å². The Morgan fingerprint density at radius 3 is 2.78 bits per heavy atom. The summed E-state index contributed by atoms with van der Waals surface area (Å²) in [6.45, 7) is 6.25. The van der Waals surface area contributed by atoms with E-state index in [-0.39, 0.29) is 0 Å². The van der Waals surface area contributed by atoms with E-state index in [1.165, 1.54) is 71.0 Å². The van der Waals surface area contributed by atoms with E-state index >= 15 is 0 Å². The fraction of sp³-hybridized carbons (Fsp3) is 1.00. The van der Waals surface area contributed by atoms with Crippen molar-refractivity contribution in [3.8, 4) is 0 Å². The smallest absolute Gasteiger partial charge is 0.00797 e. The topological polar surface area (TPSA) is 15.3 Å². The molecule has 0 aromatic heterocycles. The molecule has 2 fully saturated rings. The summed E-state index contributed by atoms with van der Waals surface area (Å²) >= 11 is 0. The molecule has 0 aromatic rings. The van der Waals surface area contributed by atoms with Gasteiger partial charge in [0.05, 0.1) is 0 Å². The average Bonchev–Trinajstić information content (AvgIpc) is 2.55. The maximum absolute atomic E-state index is 3.82. The van der Waals surface area contributed by atoms with Gasteiger partial charge >= 0.3 is 0 Å². The predicted octanol–water partition coefficient (Wildman–Crippen LogP) is 3.28. The minimum Gasteiger partial charge on any atom is -0.314 e. The second-order valence-electron chi connectivity index (χ2n) is 6.81. The molecule has 1 saturated carbocycles. The van der Waals surface area contributed by atoms with Gasteiger partial charge in [0.1, 0.15) is 0 Å². The van der Waals surface area contributed by atoms with Crippen molar-refractivity contribution in [2.24, 2.45) is 11.8 Å². The molecule has 3 atom stereocenters. The van der Waals surface area contributed by atoms with Crippen molar-refractivity contribution in [3.05, 3.63) is 0 Å². The first-order chi connectivity index (χ1) is 8.74. The molecule has 1 N–H and O–H groups in total. The van der Waals surface area contributed by atoms with E-state index in [9.17, 15) is 0 Å². The molecule has 2 aliphatic rings. The van der Waals surface area contributed by atoms with Gasteiger partial charge in [-0.15, -0.1) is 0 Å². The number of hydrogen-bond donors (Lipinski definition) is 1. The van der Waals surface area contributed by atoms with E-state index in [1.54, 1.807) is 0 Å². The zero-order valence-electron chi connectivity index (χ0n) is 12.5. The zero-order chi connectivity index (χ0) is 12.8. The standard InChI is InChI=1S/C16H32N2/c1-14-5-3-6-15(13-14)8-10-17-16-7-4-11-18(2)12-9-16/h14-17H,3-13H2,1-2H3. The lowest BCUT2D eigenvalue weighted by molar-refractivity contribution is 0.263. The van der Waals surface area contributed by atoms with Crippen molar-refractivity contribution in [1.29, 1.82) is 0 Å². The average molecular weight is 252 g/mol. The Hall–Kier alpha value is -0.0800. The van der Waals surface area contributed by atoms with Crippen LogP contribution in [0.15, 0.2) is 0 Å². The Morgan fingerprint density at radius 1 is 1.06 bits per heavy atom. The molecule has 2 nitrogen and oxygen atoms in total.